The molecule has 3 nitrogen and oxygen atoms in total. The summed E-state index contributed by atoms with van der Waals surface area (Å²) in [5.41, 5.74) is 0.545. The molecule has 0 radical (unpaired) electrons. The van der Waals surface area contributed by atoms with E-state index in [0.29, 0.717) is 10.7 Å². The van der Waals surface area contributed by atoms with Crippen molar-refractivity contribution in [3.63, 3.8) is 0 Å². The third-order valence-corrected chi connectivity index (χ3v) is 4.21. The van der Waals surface area contributed by atoms with Gasteiger partial charge >= 0.3 is 6.36 Å². The first-order valence-corrected chi connectivity index (χ1v) is 7.13. The second kappa shape index (κ2) is 5.32. The molecule has 0 saturated carbocycles. The van der Waals surface area contributed by atoms with Gasteiger partial charge in [-0.15, -0.1) is 13.2 Å². The molecule has 0 fully saturated rings. The summed E-state index contributed by atoms with van der Waals surface area (Å²) in [4.78, 5) is 10.5. The zero-order valence-corrected chi connectivity index (χ0v) is 12.8. The third-order valence-electron chi connectivity index (χ3n) is 3.40. The van der Waals surface area contributed by atoms with Crippen LogP contribution in [0.15, 0.2) is 42.5 Å². The molecule has 2 aromatic rings. The highest BCUT2D eigenvalue weighted by molar-refractivity contribution is 6.41. The fraction of sp³-hybridized carbons (Fsp3) is 0.133. The third kappa shape index (κ3) is 2.72. The zero-order valence-electron chi connectivity index (χ0n) is 11.2. The van der Waals surface area contributed by atoms with E-state index < -0.39 is 22.9 Å². The van der Waals surface area contributed by atoms with Crippen LogP contribution in [0.1, 0.15) is 11.1 Å². The van der Waals surface area contributed by atoms with E-state index in [4.69, 9.17) is 23.2 Å². The number of carbonyl (C=O) groups is 1. The van der Waals surface area contributed by atoms with Crippen molar-refractivity contribution in [2.75, 3.05) is 5.32 Å². The molecule has 0 saturated heterocycles. The second-order valence-electron chi connectivity index (χ2n) is 4.85. The molecule has 1 amide bonds. The molecular formula is C15H8Cl2F3NO2. The number of rotatable bonds is 2. The van der Waals surface area contributed by atoms with Crippen molar-refractivity contribution in [2.24, 2.45) is 0 Å². The molecule has 1 unspecified atom stereocenters. The van der Waals surface area contributed by atoms with Gasteiger partial charge in [-0.1, -0.05) is 41.4 Å². The SMILES string of the molecule is O=C1Nc2ccc(Cl)cc2C1(Cl)c1ccccc1OC(F)(F)F. The minimum absolute atomic E-state index is 0.113. The van der Waals surface area contributed by atoms with Crippen molar-refractivity contribution in [1.82, 2.24) is 0 Å². The molecule has 8 heteroatoms. The quantitative estimate of drug-likeness (QED) is 0.789. The van der Waals surface area contributed by atoms with Gasteiger partial charge in [0.15, 0.2) is 4.87 Å². The number of ether oxygens (including phenoxy) is 1. The van der Waals surface area contributed by atoms with Gasteiger partial charge in [-0.2, -0.15) is 0 Å². The molecule has 0 spiro atoms. The van der Waals surface area contributed by atoms with Crippen molar-refractivity contribution < 1.29 is 22.7 Å². The van der Waals surface area contributed by atoms with Gasteiger partial charge in [0, 0.05) is 21.8 Å². The van der Waals surface area contributed by atoms with E-state index in [1.54, 1.807) is 6.07 Å². The smallest absolute Gasteiger partial charge is 0.405 e. The van der Waals surface area contributed by atoms with Gasteiger partial charge in [0.05, 0.1) is 0 Å². The van der Waals surface area contributed by atoms with Gasteiger partial charge in [0.2, 0.25) is 0 Å². The molecule has 1 heterocycles. The fourth-order valence-corrected chi connectivity index (χ4v) is 3.01. The highest BCUT2D eigenvalue weighted by Gasteiger charge is 2.49. The van der Waals surface area contributed by atoms with Crippen molar-refractivity contribution >= 4 is 34.8 Å². The number of amides is 1. The highest BCUT2D eigenvalue weighted by atomic mass is 35.5. The van der Waals surface area contributed by atoms with Crippen LogP contribution in [-0.4, -0.2) is 12.3 Å². The van der Waals surface area contributed by atoms with E-state index >= 15 is 0 Å². The molecule has 1 aliphatic rings. The number of carbonyl (C=O) groups excluding carboxylic acids is 1. The fourth-order valence-electron chi connectivity index (χ4n) is 2.47. The lowest BCUT2D eigenvalue weighted by Crippen LogP contribution is -2.31. The molecule has 0 bridgehead atoms. The first kappa shape index (κ1) is 16.0. The molecule has 2 aromatic carbocycles. The minimum Gasteiger partial charge on any atom is -0.405 e. The summed E-state index contributed by atoms with van der Waals surface area (Å²) in [6.07, 6.45) is -4.91. The largest absolute Gasteiger partial charge is 0.573 e. The first-order chi connectivity index (χ1) is 10.7. The van der Waals surface area contributed by atoms with Crippen molar-refractivity contribution in [2.45, 2.75) is 11.2 Å². The van der Waals surface area contributed by atoms with Crippen LogP contribution in [-0.2, 0) is 9.67 Å². The molecule has 0 aliphatic carbocycles. The molecule has 23 heavy (non-hydrogen) atoms. The van der Waals surface area contributed by atoms with E-state index in [9.17, 15) is 18.0 Å². The Balaban J connectivity index is 2.19. The standard InChI is InChI=1S/C15H8Cl2F3NO2/c16-8-5-6-11-10(7-8)14(17,13(22)21-11)9-3-1-2-4-12(9)23-15(18,19)20/h1-7H,(H,21,22). The van der Waals surface area contributed by atoms with Crippen LogP contribution in [0.2, 0.25) is 5.02 Å². The lowest BCUT2D eigenvalue weighted by Gasteiger charge is -2.23. The topological polar surface area (TPSA) is 38.3 Å². The number of halogens is 5. The molecule has 0 aromatic heterocycles. The van der Waals surface area contributed by atoms with Crippen LogP contribution >= 0.6 is 23.2 Å². The van der Waals surface area contributed by atoms with Gasteiger partial charge in [0.25, 0.3) is 5.91 Å². The monoisotopic (exact) mass is 361 g/mol. The van der Waals surface area contributed by atoms with Gasteiger partial charge < -0.3 is 10.1 Å². The molecule has 120 valence electrons. The average Bonchev–Trinajstić information content (AvgIpc) is 2.71. The maximum absolute atomic E-state index is 12.6. The van der Waals surface area contributed by atoms with Gasteiger partial charge in [0.1, 0.15) is 5.75 Å². The zero-order chi connectivity index (χ0) is 16.8. The average molecular weight is 362 g/mol. The van der Waals surface area contributed by atoms with Crippen molar-refractivity contribution in [1.29, 1.82) is 0 Å². The Morgan fingerprint density at radius 1 is 1.09 bits per heavy atom. The van der Waals surface area contributed by atoms with Gasteiger partial charge in [-0.3, -0.25) is 4.79 Å². The predicted molar refractivity (Wildman–Crippen MR) is 79.8 cm³/mol. The maximum atomic E-state index is 12.6. The number of nitrogens with one attached hydrogen (secondary N) is 1. The Kier molecular flexibility index (Phi) is 3.69. The van der Waals surface area contributed by atoms with Gasteiger partial charge in [-0.25, -0.2) is 0 Å². The van der Waals surface area contributed by atoms with Crippen LogP contribution < -0.4 is 10.1 Å². The van der Waals surface area contributed by atoms with E-state index in [1.165, 1.54) is 30.3 Å². The van der Waals surface area contributed by atoms with Crippen LogP contribution in [0.4, 0.5) is 18.9 Å². The number of fused-ring (bicyclic) bond motifs is 1. The van der Waals surface area contributed by atoms with Gasteiger partial charge in [-0.05, 0) is 24.3 Å². The molecule has 3 rings (SSSR count). The molecule has 1 atom stereocenters. The van der Waals surface area contributed by atoms with E-state index in [1.807, 2.05) is 0 Å². The highest BCUT2D eigenvalue weighted by Crippen LogP contribution is 2.50. The normalized spacial score (nSPS) is 20.1. The van der Waals surface area contributed by atoms with Crippen molar-refractivity contribution in [3.8, 4) is 5.75 Å². The van der Waals surface area contributed by atoms with Crippen LogP contribution in [0, 0.1) is 0 Å². The number of hydrogen-bond acceptors (Lipinski definition) is 2. The summed E-state index contributed by atoms with van der Waals surface area (Å²) in [5.74, 6) is -1.22. The van der Waals surface area contributed by atoms with Crippen molar-refractivity contribution in [3.05, 3.63) is 58.6 Å². The number of alkyl halides is 4. The maximum Gasteiger partial charge on any atom is 0.573 e. The van der Waals surface area contributed by atoms with E-state index in [0.717, 1.165) is 6.07 Å². The number of para-hydroxylation sites is 1. The predicted octanol–water partition coefficient (Wildman–Crippen LogP) is 4.67. The minimum atomic E-state index is -4.91. The number of anilines is 1. The Hall–Kier alpha value is -1.92. The second-order valence-corrected chi connectivity index (χ2v) is 5.85. The lowest BCUT2D eigenvalue weighted by molar-refractivity contribution is -0.275. The molecule has 1 aliphatic heterocycles. The van der Waals surface area contributed by atoms with E-state index in [2.05, 4.69) is 10.1 Å². The van der Waals surface area contributed by atoms with Crippen LogP contribution in [0.3, 0.4) is 0 Å². The van der Waals surface area contributed by atoms with Crippen LogP contribution in [0.5, 0.6) is 5.75 Å². The number of benzene rings is 2. The van der Waals surface area contributed by atoms with E-state index in [-0.39, 0.29) is 11.1 Å². The summed E-state index contributed by atoms with van der Waals surface area (Å²) in [6.45, 7) is 0. The molecule has 1 N–H and O–H groups in total. The summed E-state index contributed by atoms with van der Waals surface area (Å²) in [5, 5.41) is 2.84. The Labute approximate surface area is 139 Å². The summed E-state index contributed by atoms with van der Waals surface area (Å²) in [6, 6.07) is 9.75. The molecular weight excluding hydrogens is 354 g/mol. The summed E-state index contributed by atoms with van der Waals surface area (Å²) < 4.78 is 41.8. The summed E-state index contributed by atoms with van der Waals surface area (Å²) >= 11 is 12.4. The Morgan fingerprint density at radius 3 is 2.48 bits per heavy atom. The summed E-state index contributed by atoms with van der Waals surface area (Å²) in [7, 11) is 0. The van der Waals surface area contributed by atoms with Crippen LogP contribution in [0.25, 0.3) is 0 Å². The Morgan fingerprint density at radius 2 is 1.78 bits per heavy atom. The first-order valence-electron chi connectivity index (χ1n) is 6.37. The number of hydrogen-bond donors (Lipinski definition) is 1. The Bertz CT molecular complexity index is 795. The lowest BCUT2D eigenvalue weighted by atomic mass is 9.91.